The Kier molecular flexibility index (Phi) is 4.00. The molecule has 8 heteroatoms. The van der Waals surface area contributed by atoms with Gasteiger partial charge in [0.05, 0.1) is 23.4 Å². The Bertz CT molecular complexity index is 990. The number of anilines is 2. The molecule has 4 nitrogen and oxygen atoms in total. The summed E-state index contributed by atoms with van der Waals surface area (Å²) in [5, 5.41) is 0.315. The molecule has 0 fully saturated rings. The van der Waals surface area contributed by atoms with Gasteiger partial charge in [0.15, 0.2) is 0 Å². The summed E-state index contributed by atoms with van der Waals surface area (Å²) in [6, 6.07) is 8.70. The van der Waals surface area contributed by atoms with Crippen molar-refractivity contribution in [2.75, 3.05) is 18.6 Å². The van der Waals surface area contributed by atoms with Crippen LogP contribution < -0.4 is 4.90 Å². The molecule has 0 saturated heterocycles. The molecule has 3 heterocycles. The standard InChI is InChI=1S/C18H14ClF3N4/c1-25-9-11-8-23-14-5-6-15(19)24-16(14)17(11)26(10-25)13-4-2-3-12(7-13)18(20,21)22/h2-8H,9-10H2,1H3. The topological polar surface area (TPSA) is 32.3 Å². The van der Waals surface area contributed by atoms with E-state index in [1.165, 1.54) is 6.07 Å². The van der Waals surface area contributed by atoms with Gasteiger partial charge < -0.3 is 4.90 Å². The minimum absolute atomic E-state index is 0.315. The average molecular weight is 379 g/mol. The van der Waals surface area contributed by atoms with Crippen LogP contribution in [0.5, 0.6) is 0 Å². The van der Waals surface area contributed by atoms with Crippen molar-refractivity contribution in [3.8, 4) is 0 Å². The molecule has 1 aliphatic rings. The van der Waals surface area contributed by atoms with Gasteiger partial charge in [-0.05, 0) is 37.4 Å². The first-order valence-corrected chi connectivity index (χ1v) is 8.28. The third-order valence-corrected chi connectivity index (χ3v) is 4.52. The molecule has 0 unspecified atom stereocenters. The quantitative estimate of drug-likeness (QED) is 0.567. The molecule has 0 bridgehead atoms. The molecule has 0 radical (unpaired) electrons. The second-order valence-electron chi connectivity index (χ2n) is 6.27. The van der Waals surface area contributed by atoms with Crippen LogP contribution in [0.1, 0.15) is 11.1 Å². The maximum Gasteiger partial charge on any atom is 0.416 e. The fourth-order valence-corrected chi connectivity index (χ4v) is 3.35. The fourth-order valence-electron chi connectivity index (χ4n) is 3.20. The summed E-state index contributed by atoms with van der Waals surface area (Å²) in [6.07, 6.45) is -2.66. The Morgan fingerprint density at radius 2 is 1.96 bits per heavy atom. The average Bonchev–Trinajstić information content (AvgIpc) is 2.60. The lowest BCUT2D eigenvalue weighted by molar-refractivity contribution is -0.137. The first-order chi connectivity index (χ1) is 12.3. The van der Waals surface area contributed by atoms with Gasteiger partial charge >= 0.3 is 6.18 Å². The fraction of sp³-hybridized carbons (Fsp3) is 0.222. The van der Waals surface area contributed by atoms with Gasteiger partial charge in [0.1, 0.15) is 10.7 Å². The van der Waals surface area contributed by atoms with Crippen LogP contribution in [0.3, 0.4) is 0 Å². The second kappa shape index (κ2) is 6.10. The number of benzene rings is 1. The molecule has 0 amide bonds. The van der Waals surface area contributed by atoms with Crippen molar-refractivity contribution in [1.29, 1.82) is 0 Å². The van der Waals surface area contributed by atoms with Crippen molar-refractivity contribution in [2.45, 2.75) is 12.7 Å². The van der Waals surface area contributed by atoms with Crippen molar-refractivity contribution < 1.29 is 13.2 Å². The second-order valence-corrected chi connectivity index (χ2v) is 6.65. The molecule has 26 heavy (non-hydrogen) atoms. The molecule has 3 aromatic rings. The molecule has 1 aromatic carbocycles. The van der Waals surface area contributed by atoms with Crippen LogP contribution in [0, 0.1) is 0 Å². The molecule has 0 aliphatic carbocycles. The van der Waals surface area contributed by atoms with Crippen LogP contribution in [0.4, 0.5) is 24.5 Å². The molecular weight excluding hydrogens is 365 g/mol. The first kappa shape index (κ1) is 17.1. The van der Waals surface area contributed by atoms with E-state index in [4.69, 9.17) is 11.6 Å². The molecule has 2 aromatic heterocycles. The number of alkyl halides is 3. The number of hydrogen-bond acceptors (Lipinski definition) is 4. The molecule has 4 rings (SSSR count). The number of fused-ring (bicyclic) bond motifs is 3. The highest BCUT2D eigenvalue weighted by Crippen LogP contribution is 2.39. The highest BCUT2D eigenvalue weighted by Gasteiger charge is 2.32. The van der Waals surface area contributed by atoms with Gasteiger partial charge in [0.25, 0.3) is 0 Å². The van der Waals surface area contributed by atoms with E-state index >= 15 is 0 Å². The normalized spacial score (nSPS) is 15.3. The highest BCUT2D eigenvalue weighted by atomic mass is 35.5. The van der Waals surface area contributed by atoms with Crippen molar-refractivity contribution in [1.82, 2.24) is 14.9 Å². The van der Waals surface area contributed by atoms with Crippen LogP contribution in [-0.2, 0) is 12.7 Å². The van der Waals surface area contributed by atoms with E-state index in [0.717, 1.165) is 23.4 Å². The van der Waals surface area contributed by atoms with E-state index in [1.807, 2.05) is 16.8 Å². The van der Waals surface area contributed by atoms with Crippen molar-refractivity contribution in [2.24, 2.45) is 0 Å². The predicted octanol–water partition coefficient (Wildman–Crippen LogP) is 4.84. The molecule has 1 aliphatic heterocycles. The zero-order chi connectivity index (χ0) is 18.5. The number of halogens is 4. The van der Waals surface area contributed by atoms with Gasteiger partial charge in [0, 0.05) is 24.0 Å². The Labute approximate surface area is 152 Å². The zero-order valence-electron chi connectivity index (χ0n) is 13.8. The van der Waals surface area contributed by atoms with Crippen molar-refractivity contribution >= 4 is 34.0 Å². The van der Waals surface area contributed by atoms with Gasteiger partial charge in [-0.2, -0.15) is 13.2 Å². The summed E-state index contributed by atoms with van der Waals surface area (Å²) >= 11 is 6.05. The predicted molar refractivity (Wildman–Crippen MR) is 94.5 cm³/mol. The molecule has 0 spiro atoms. The van der Waals surface area contributed by atoms with Crippen LogP contribution >= 0.6 is 11.6 Å². The summed E-state index contributed by atoms with van der Waals surface area (Å²) in [4.78, 5) is 12.6. The van der Waals surface area contributed by atoms with E-state index in [-0.39, 0.29) is 0 Å². The van der Waals surface area contributed by atoms with Crippen molar-refractivity contribution in [3.05, 3.63) is 58.9 Å². The highest BCUT2D eigenvalue weighted by molar-refractivity contribution is 6.29. The van der Waals surface area contributed by atoms with Crippen LogP contribution in [0.15, 0.2) is 42.6 Å². The van der Waals surface area contributed by atoms with E-state index < -0.39 is 11.7 Å². The Morgan fingerprint density at radius 1 is 1.15 bits per heavy atom. The summed E-state index contributed by atoms with van der Waals surface area (Å²) < 4.78 is 39.4. The number of nitrogens with zero attached hydrogens (tertiary/aromatic N) is 4. The number of hydrogen-bond donors (Lipinski definition) is 0. The Morgan fingerprint density at radius 3 is 2.73 bits per heavy atom. The summed E-state index contributed by atoms with van der Waals surface area (Å²) in [5.41, 5.74) is 2.62. The van der Waals surface area contributed by atoms with Gasteiger partial charge in [-0.3, -0.25) is 9.88 Å². The van der Waals surface area contributed by atoms with E-state index in [1.54, 1.807) is 24.4 Å². The number of rotatable bonds is 1. The smallest absolute Gasteiger partial charge is 0.326 e. The maximum atomic E-state index is 13.1. The van der Waals surface area contributed by atoms with Crippen LogP contribution in [-0.4, -0.2) is 28.6 Å². The minimum Gasteiger partial charge on any atom is -0.326 e. The monoisotopic (exact) mass is 378 g/mol. The zero-order valence-corrected chi connectivity index (χ0v) is 14.5. The Balaban J connectivity index is 1.93. The molecule has 0 N–H and O–H groups in total. The third kappa shape index (κ3) is 2.97. The number of aromatic nitrogens is 2. The molecule has 134 valence electrons. The summed E-state index contributed by atoms with van der Waals surface area (Å²) in [6.45, 7) is 1.06. The Hall–Kier alpha value is -2.38. The van der Waals surface area contributed by atoms with E-state index in [9.17, 15) is 13.2 Å². The lowest BCUT2D eigenvalue weighted by Gasteiger charge is -2.37. The summed E-state index contributed by atoms with van der Waals surface area (Å²) in [5.74, 6) is 0. The van der Waals surface area contributed by atoms with E-state index in [2.05, 4.69) is 9.97 Å². The van der Waals surface area contributed by atoms with Crippen molar-refractivity contribution in [3.63, 3.8) is 0 Å². The number of pyridine rings is 2. The van der Waals surface area contributed by atoms with Crippen LogP contribution in [0.25, 0.3) is 11.0 Å². The molecule has 0 atom stereocenters. The van der Waals surface area contributed by atoms with Gasteiger partial charge in [-0.25, -0.2) is 4.98 Å². The largest absolute Gasteiger partial charge is 0.416 e. The first-order valence-electron chi connectivity index (χ1n) is 7.90. The third-order valence-electron chi connectivity index (χ3n) is 4.31. The van der Waals surface area contributed by atoms with E-state index in [0.29, 0.717) is 35.1 Å². The lowest BCUT2D eigenvalue weighted by Crippen LogP contribution is -2.37. The van der Waals surface area contributed by atoms with Crippen LogP contribution in [0.2, 0.25) is 5.15 Å². The summed E-state index contributed by atoms with van der Waals surface area (Å²) in [7, 11) is 1.90. The SMILES string of the molecule is CN1Cc2cnc3ccc(Cl)nc3c2N(c2cccc(C(F)(F)F)c2)C1. The van der Waals surface area contributed by atoms with Gasteiger partial charge in [-0.1, -0.05) is 17.7 Å². The maximum absolute atomic E-state index is 13.1. The van der Waals surface area contributed by atoms with Gasteiger partial charge in [-0.15, -0.1) is 0 Å². The minimum atomic E-state index is -4.40. The molecular formula is C18H14ClF3N4. The lowest BCUT2D eigenvalue weighted by atomic mass is 10.1. The van der Waals surface area contributed by atoms with Gasteiger partial charge in [0.2, 0.25) is 0 Å². The molecule has 0 saturated carbocycles.